The van der Waals surface area contributed by atoms with Gasteiger partial charge in [-0.05, 0) is 55.5 Å². The summed E-state index contributed by atoms with van der Waals surface area (Å²) < 4.78 is 57.7. The first-order valence-corrected chi connectivity index (χ1v) is 13.9. The van der Waals surface area contributed by atoms with Crippen molar-refractivity contribution in [1.29, 1.82) is 0 Å². The standard InChI is InChI=1S/C32H28F2N4O8/c1-4-37-18-29(30(39)38(32(37)41)21-8-5-19(33)6-9-21)46-31(40)36-20-7-10-26(23(34)15-20)45-25-11-12-35-24-17-28(44-14-13-42-2)27(43-3)16-22(24)25/h5-12,15-18H,4,13-14H2,1-3H3,(H,36,40). The van der Waals surface area contributed by atoms with Gasteiger partial charge in [0.2, 0.25) is 5.75 Å². The summed E-state index contributed by atoms with van der Waals surface area (Å²) in [6, 6.07) is 13.2. The van der Waals surface area contributed by atoms with Crippen LogP contribution >= 0.6 is 0 Å². The van der Waals surface area contributed by atoms with Gasteiger partial charge in [-0.25, -0.2) is 22.9 Å². The predicted molar refractivity (Wildman–Crippen MR) is 164 cm³/mol. The molecule has 0 aliphatic rings. The van der Waals surface area contributed by atoms with Gasteiger partial charge in [-0.3, -0.25) is 19.7 Å². The Kier molecular flexibility index (Phi) is 9.57. The number of carbonyl (C=O) groups is 1. The molecule has 1 N–H and O–H groups in total. The topological polar surface area (TPSA) is 132 Å². The summed E-state index contributed by atoms with van der Waals surface area (Å²) in [4.78, 5) is 42.9. The monoisotopic (exact) mass is 634 g/mol. The van der Waals surface area contributed by atoms with Crippen molar-refractivity contribution >= 4 is 22.7 Å². The molecule has 2 heterocycles. The van der Waals surface area contributed by atoms with Crippen LogP contribution in [-0.4, -0.2) is 47.6 Å². The Bertz CT molecular complexity index is 2010. The highest BCUT2D eigenvalue weighted by atomic mass is 19.1. The van der Waals surface area contributed by atoms with Crippen molar-refractivity contribution in [3.8, 4) is 34.4 Å². The Morgan fingerprint density at radius 2 is 1.67 bits per heavy atom. The van der Waals surface area contributed by atoms with Gasteiger partial charge in [0.15, 0.2) is 23.1 Å². The van der Waals surface area contributed by atoms with E-state index >= 15 is 4.39 Å². The Labute approximate surface area is 260 Å². The second kappa shape index (κ2) is 13.9. The van der Waals surface area contributed by atoms with Gasteiger partial charge >= 0.3 is 17.3 Å². The molecule has 0 saturated carbocycles. The third-order valence-electron chi connectivity index (χ3n) is 6.68. The number of anilines is 1. The van der Waals surface area contributed by atoms with E-state index in [2.05, 4.69) is 10.3 Å². The van der Waals surface area contributed by atoms with E-state index in [1.807, 2.05) is 0 Å². The number of benzene rings is 3. The molecule has 46 heavy (non-hydrogen) atoms. The first-order valence-electron chi connectivity index (χ1n) is 13.9. The van der Waals surface area contributed by atoms with Gasteiger partial charge in [-0.2, -0.15) is 0 Å². The molecule has 0 saturated heterocycles. The zero-order valence-corrected chi connectivity index (χ0v) is 24.9. The van der Waals surface area contributed by atoms with Crippen LogP contribution in [-0.2, 0) is 11.3 Å². The summed E-state index contributed by atoms with van der Waals surface area (Å²) in [6.07, 6.45) is 1.47. The molecule has 0 spiro atoms. The largest absolute Gasteiger partial charge is 0.493 e. The van der Waals surface area contributed by atoms with Crippen molar-refractivity contribution in [3.63, 3.8) is 0 Å². The van der Waals surface area contributed by atoms with E-state index in [1.165, 1.54) is 37.6 Å². The van der Waals surface area contributed by atoms with E-state index in [9.17, 15) is 18.8 Å². The molecule has 14 heteroatoms. The number of aryl methyl sites for hydroxylation is 1. The second-order valence-electron chi connectivity index (χ2n) is 9.61. The number of amides is 1. The van der Waals surface area contributed by atoms with Crippen molar-refractivity contribution in [2.24, 2.45) is 0 Å². The fraction of sp³-hybridized carbons (Fsp3) is 0.188. The predicted octanol–water partition coefficient (Wildman–Crippen LogP) is 5.28. The number of hydrogen-bond acceptors (Lipinski definition) is 9. The van der Waals surface area contributed by atoms with E-state index < -0.39 is 34.7 Å². The molecule has 0 atom stereocenters. The SMILES string of the molecule is CCn1cc(OC(=O)Nc2ccc(Oc3ccnc4cc(OCCOC)c(OC)cc34)c(F)c2)c(=O)n(-c2ccc(F)cc2)c1=O. The van der Waals surface area contributed by atoms with Gasteiger partial charge in [0.25, 0.3) is 0 Å². The Morgan fingerprint density at radius 3 is 2.37 bits per heavy atom. The molecule has 3 aromatic carbocycles. The zero-order chi connectivity index (χ0) is 32.8. The van der Waals surface area contributed by atoms with E-state index in [0.29, 0.717) is 35.6 Å². The van der Waals surface area contributed by atoms with Crippen LogP contribution < -0.4 is 35.5 Å². The molecule has 0 radical (unpaired) electrons. The van der Waals surface area contributed by atoms with Gasteiger partial charge in [0, 0.05) is 43.1 Å². The summed E-state index contributed by atoms with van der Waals surface area (Å²) >= 11 is 0. The van der Waals surface area contributed by atoms with Gasteiger partial charge < -0.3 is 23.7 Å². The molecule has 2 aromatic heterocycles. The van der Waals surface area contributed by atoms with Crippen LogP contribution in [0.2, 0.25) is 0 Å². The molecule has 0 aliphatic heterocycles. The van der Waals surface area contributed by atoms with Crippen molar-refractivity contribution in [3.05, 3.63) is 106 Å². The molecule has 0 unspecified atom stereocenters. The lowest BCUT2D eigenvalue weighted by Gasteiger charge is -2.14. The fourth-order valence-electron chi connectivity index (χ4n) is 4.44. The first kappa shape index (κ1) is 31.7. The van der Waals surface area contributed by atoms with Crippen molar-refractivity contribution in [2.75, 3.05) is 32.8 Å². The van der Waals surface area contributed by atoms with E-state index in [0.717, 1.165) is 33.5 Å². The minimum atomic E-state index is -1.12. The lowest BCUT2D eigenvalue weighted by atomic mass is 10.1. The van der Waals surface area contributed by atoms with Crippen LogP contribution in [0.5, 0.6) is 28.7 Å². The van der Waals surface area contributed by atoms with Crippen LogP contribution in [0.1, 0.15) is 6.92 Å². The number of nitrogens with one attached hydrogen (secondary N) is 1. The summed E-state index contributed by atoms with van der Waals surface area (Å²) in [5.74, 6) is -0.844. The number of pyridine rings is 1. The lowest BCUT2D eigenvalue weighted by molar-refractivity contribution is 0.144. The highest BCUT2D eigenvalue weighted by Gasteiger charge is 2.18. The molecule has 1 amide bonds. The van der Waals surface area contributed by atoms with Crippen LogP contribution in [0, 0.1) is 11.6 Å². The summed E-state index contributed by atoms with van der Waals surface area (Å²) in [5, 5.41) is 2.88. The summed E-state index contributed by atoms with van der Waals surface area (Å²) in [6.45, 7) is 2.48. The van der Waals surface area contributed by atoms with Crippen LogP contribution in [0.3, 0.4) is 0 Å². The number of hydrogen-bond donors (Lipinski definition) is 1. The second-order valence-corrected chi connectivity index (χ2v) is 9.61. The number of ether oxygens (including phenoxy) is 5. The summed E-state index contributed by atoms with van der Waals surface area (Å²) in [7, 11) is 3.05. The summed E-state index contributed by atoms with van der Waals surface area (Å²) in [5.41, 5.74) is -1.06. The molecule has 0 bridgehead atoms. The number of rotatable bonds is 11. The van der Waals surface area contributed by atoms with E-state index in [1.54, 1.807) is 32.2 Å². The van der Waals surface area contributed by atoms with Crippen molar-refractivity contribution < 1.29 is 37.3 Å². The lowest BCUT2D eigenvalue weighted by Crippen LogP contribution is -2.39. The van der Waals surface area contributed by atoms with E-state index in [-0.39, 0.29) is 29.4 Å². The van der Waals surface area contributed by atoms with Crippen LogP contribution in [0.15, 0.2) is 82.6 Å². The Balaban J connectivity index is 1.34. The average molecular weight is 635 g/mol. The third-order valence-corrected chi connectivity index (χ3v) is 6.68. The van der Waals surface area contributed by atoms with Crippen molar-refractivity contribution in [1.82, 2.24) is 14.1 Å². The minimum absolute atomic E-state index is 0.00312. The molecule has 238 valence electrons. The number of carbonyl (C=O) groups excluding carboxylic acids is 1. The quantitative estimate of drug-likeness (QED) is 0.193. The Hall–Kier alpha value is -5.76. The van der Waals surface area contributed by atoms with Crippen LogP contribution in [0.25, 0.3) is 16.6 Å². The third kappa shape index (κ3) is 6.81. The minimum Gasteiger partial charge on any atom is -0.493 e. The first-order chi connectivity index (χ1) is 22.2. The van der Waals surface area contributed by atoms with Gasteiger partial charge in [-0.1, -0.05) is 0 Å². The highest BCUT2D eigenvalue weighted by Crippen LogP contribution is 2.37. The van der Waals surface area contributed by atoms with Gasteiger partial charge in [-0.15, -0.1) is 0 Å². The average Bonchev–Trinajstić information content (AvgIpc) is 3.04. The number of aromatic nitrogens is 3. The smallest absolute Gasteiger partial charge is 0.417 e. The molecule has 0 aliphatic carbocycles. The molecular weight excluding hydrogens is 606 g/mol. The number of nitrogens with zero attached hydrogens (tertiary/aromatic N) is 3. The number of fused-ring (bicyclic) bond motifs is 1. The molecular formula is C32H28F2N4O8. The molecule has 0 fully saturated rings. The van der Waals surface area contributed by atoms with Crippen LogP contribution in [0.4, 0.5) is 19.3 Å². The van der Waals surface area contributed by atoms with E-state index in [4.69, 9.17) is 23.7 Å². The van der Waals surface area contributed by atoms with Gasteiger partial charge in [0.05, 0.1) is 31.1 Å². The molecule has 5 aromatic rings. The maximum absolute atomic E-state index is 15.2. The Morgan fingerprint density at radius 1 is 0.891 bits per heavy atom. The van der Waals surface area contributed by atoms with Crippen molar-refractivity contribution in [2.45, 2.75) is 13.5 Å². The molecule has 12 nitrogen and oxygen atoms in total. The fourth-order valence-corrected chi connectivity index (χ4v) is 4.44. The highest BCUT2D eigenvalue weighted by molar-refractivity contribution is 5.88. The zero-order valence-electron chi connectivity index (χ0n) is 24.9. The maximum Gasteiger partial charge on any atom is 0.417 e. The normalized spacial score (nSPS) is 10.9. The maximum atomic E-state index is 15.2. The number of methoxy groups -OCH3 is 2. The number of halogens is 2. The molecule has 5 rings (SSSR count). The van der Waals surface area contributed by atoms with Gasteiger partial charge in [0.1, 0.15) is 18.2 Å².